The Morgan fingerprint density at radius 1 is 1.25 bits per heavy atom. The lowest BCUT2D eigenvalue weighted by Crippen LogP contribution is -2.40. The molecule has 0 fully saturated rings. The Morgan fingerprint density at radius 2 is 1.85 bits per heavy atom. The lowest BCUT2D eigenvalue weighted by molar-refractivity contribution is -0.141. The summed E-state index contributed by atoms with van der Waals surface area (Å²) in [5.74, 6) is -1.13. The van der Waals surface area contributed by atoms with Gasteiger partial charge < -0.3 is 15.2 Å². The molecule has 1 aromatic rings. The second-order valence-electron chi connectivity index (χ2n) is 4.76. The lowest BCUT2D eigenvalue weighted by atomic mass is 10.0. The van der Waals surface area contributed by atoms with Gasteiger partial charge in [-0.1, -0.05) is 6.92 Å². The fourth-order valence-corrected chi connectivity index (χ4v) is 1.55. The van der Waals surface area contributed by atoms with E-state index < -0.39 is 17.9 Å². The summed E-state index contributed by atoms with van der Waals surface area (Å²) in [5.41, 5.74) is 0.485. The van der Waals surface area contributed by atoms with E-state index in [0.717, 1.165) is 12.2 Å². The van der Waals surface area contributed by atoms with Crippen LogP contribution >= 0.6 is 0 Å². The highest BCUT2D eigenvalue weighted by Gasteiger charge is 2.21. The number of hydrogen-bond acceptors (Lipinski definition) is 3. The molecule has 0 radical (unpaired) electrons. The van der Waals surface area contributed by atoms with E-state index in [4.69, 9.17) is 9.84 Å². The summed E-state index contributed by atoms with van der Waals surface area (Å²) in [5, 5.41) is 11.6. The molecular formula is C15H21NO4. The molecule has 0 aliphatic carbocycles. The molecule has 1 amide bonds. The van der Waals surface area contributed by atoms with Gasteiger partial charge in [0.15, 0.2) is 0 Å². The topological polar surface area (TPSA) is 75.6 Å². The van der Waals surface area contributed by atoms with Crippen molar-refractivity contribution < 1.29 is 19.4 Å². The zero-order chi connectivity index (χ0) is 15.1. The number of ether oxygens (including phenoxy) is 1. The molecule has 110 valence electrons. The van der Waals surface area contributed by atoms with E-state index in [0.29, 0.717) is 12.2 Å². The molecular weight excluding hydrogens is 258 g/mol. The summed E-state index contributed by atoms with van der Waals surface area (Å²) in [7, 11) is 0. The molecule has 0 aromatic heterocycles. The number of amides is 1. The van der Waals surface area contributed by atoms with Crippen LogP contribution in [0.1, 0.15) is 37.6 Å². The first-order valence-corrected chi connectivity index (χ1v) is 6.72. The van der Waals surface area contributed by atoms with E-state index in [2.05, 4.69) is 5.32 Å². The number of rotatable bonds is 7. The number of nitrogens with one attached hydrogen (secondary N) is 1. The van der Waals surface area contributed by atoms with Gasteiger partial charge in [0.25, 0.3) is 5.91 Å². The first-order valence-electron chi connectivity index (χ1n) is 6.72. The molecule has 0 saturated carbocycles. The Balaban J connectivity index is 2.61. The molecule has 0 saturated heterocycles. The van der Waals surface area contributed by atoms with Crippen LogP contribution in [-0.2, 0) is 4.79 Å². The van der Waals surface area contributed by atoms with Gasteiger partial charge in [-0.3, -0.25) is 9.59 Å². The van der Waals surface area contributed by atoms with E-state index in [1.165, 1.54) is 0 Å². The first-order chi connectivity index (χ1) is 9.45. The van der Waals surface area contributed by atoms with Gasteiger partial charge in [0.2, 0.25) is 0 Å². The molecule has 2 atom stereocenters. The maximum Gasteiger partial charge on any atom is 0.308 e. The van der Waals surface area contributed by atoms with Crippen LogP contribution in [0.25, 0.3) is 0 Å². The van der Waals surface area contributed by atoms with Crippen LogP contribution in [0.5, 0.6) is 5.75 Å². The Morgan fingerprint density at radius 3 is 2.35 bits per heavy atom. The number of aliphatic carboxylic acids is 1. The molecule has 5 heteroatoms. The van der Waals surface area contributed by atoms with Crippen LogP contribution in [0.2, 0.25) is 0 Å². The Bertz CT molecular complexity index is 455. The highest BCUT2D eigenvalue weighted by atomic mass is 16.5. The van der Waals surface area contributed by atoms with Gasteiger partial charge in [-0.15, -0.1) is 0 Å². The lowest BCUT2D eigenvalue weighted by Gasteiger charge is -2.17. The Hall–Kier alpha value is -2.04. The van der Waals surface area contributed by atoms with E-state index in [1.807, 2.05) is 6.92 Å². The van der Waals surface area contributed by atoms with Crippen molar-refractivity contribution >= 4 is 11.9 Å². The molecule has 2 N–H and O–H groups in total. The van der Waals surface area contributed by atoms with Crippen molar-refractivity contribution in [1.82, 2.24) is 5.32 Å². The van der Waals surface area contributed by atoms with Gasteiger partial charge in [-0.2, -0.15) is 0 Å². The normalized spacial score (nSPS) is 13.3. The van der Waals surface area contributed by atoms with Crippen molar-refractivity contribution in [1.29, 1.82) is 0 Å². The van der Waals surface area contributed by atoms with Crippen molar-refractivity contribution in [2.24, 2.45) is 5.92 Å². The third kappa shape index (κ3) is 4.57. The van der Waals surface area contributed by atoms with Crippen molar-refractivity contribution in [2.75, 3.05) is 6.61 Å². The summed E-state index contributed by atoms with van der Waals surface area (Å²) in [6.45, 7) is 5.90. The average Bonchev–Trinajstić information content (AvgIpc) is 2.44. The van der Waals surface area contributed by atoms with E-state index >= 15 is 0 Å². The van der Waals surface area contributed by atoms with Gasteiger partial charge in [-0.25, -0.2) is 0 Å². The standard InChI is InChI=1S/C15H21NO4/c1-4-9-20-13-7-5-12(6-8-13)14(17)16-11(3)10(2)15(18)19/h5-8,10-11H,4,9H2,1-3H3,(H,16,17)(H,18,19). The summed E-state index contributed by atoms with van der Waals surface area (Å²) in [6.07, 6.45) is 0.923. The second-order valence-corrected chi connectivity index (χ2v) is 4.76. The van der Waals surface area contributed by atoms with Crippen molar-refractivity contribution in [2.45, 2.75) is 33.2 Å². The van der Waals surface area contributed by atoms with Crippen molar-refractivity contribution in [3.05, 3.63) is 29.8 Å². The summed E-state index contributed by atoms with van der Waals surface area (Å²) >= 11 is 0. The van der Waals surface area contributed by atoms with Crippen LogP contribution in [0, 0.1) is 5.92 Å². The summed E-state index contributed by atoms with van der Waals surface area (Å²) < 4.78 is 5.43. The highest BCUT2D eigenvalue weighted by Crippen LogP contribution is 2.13. The molecule has 1 aromatic carbocycles. The fraction of sp³-hybridized carbons (Fsp3) is 0.467. The number of carboxylic acid groups (broad SMARTS) is 1. The maximum atomic E-state index is 12.0. The Labute approximate surface area is 118 Å². The monoisotopic (exact) mass is 279 g/mol. The van der Waals surface area contributed by atoms with E-state index in [9.17, 15) is 9.59 Å². The minimum absolute atomic E-state index is 0.285. The van der Waals surface area contributed by atoms with Crippen LogP contribution in [0.3, 0.4) is 0 Å². The molecule has 2 unspecified atom stereocenters. The smallest absolute Gasteiger partial charge is 0.308 e. The van der Waals surface area contributed by atoms with Crippen molar-refractivity contribution in [3.8, 4) is 5.75 Å². The quantitative estimate of drug-likeness (QED) is 0.803. The minimum atomic E-state index is -0.930. The number of carbonyl (C=O) groups excluding carboxylic acids is 1. The highest BCUT2D eigenvalue weighted by molar-refractivity contribution is 5.94. The molecule has 1 rings (SSSR count). The first kappa shape index (κ1) is 16.0. The fourth-order valence-electron chi connectivity index (χ4n) is 1.55. The third-order valence-electron chi connectivity index (χ3n) is 3.09. The predicted molar refractivity (Wildman–Crippen MR) is 76.0 cm³/mol. The number of carbonyl (C=O) groups is 2. The molecule has 0 aliphatic heterocycles. The van der Waals surface area contributed by atoms with Crippen LogP contribution < -0.4 is 10.1 Å². The zero-order valence-corrected chi connectivity index (χ0v) is 12.1. The summed E-state index contributed by atoms with van der Waals surface area (Å²) in [4.78, 5) is 22.8. The van der Waals surface area contributed by atoms with Gasteiger partial charge >= 0.3 is 5.97 Å². The molecule has 0 bridgehead atoms. The van der Waals surface area contributed by atoms with Gasteiger partial charge in [-0.05, 0) is 44.5 Å². The molecule has 0 spiro atoms. The molecule has 0 aliphatic rings. The van der Waals surface area contributed by atoms with Gasteiger partial charge in [0.1, 0.15) is 5.75 Å². The SMILES string of the molecule is CCCOc1ccc(C(=O)NC(C)C(C)C(=O)O)cc1. The zero-order valence-electron chi connectivity index (χ0n) is 12.1. The van der Waals surface area contributed by atoms with E-state index in [-0.39, 0.29) is 5.91 Å². The van der Waals surface area contributed by atoms with E-state index in [1.54, 1.807) is 38.1 Å². The minimum Gasteiger partial charge on any atom is -0.494 e. The molecule has 0 heterocycles. The van der Waals surface area contributed by atoms with Crippen LogP contribution in [-0.4, -0.2) is 29.6 Å². The van der Waals surface area contributed by atoms with Crippen molar-refractivity contribution in [3.63, 3.8) is 0 Å². The second kappa shape index (κ2) is 7.53. The molecule has 20 heavy (non-hydrogen) atoms. The number of carboxylic acids is 1. The predicted octanol–water partition coefficient (Wildman–Crippen LogP) is 2.31. The van der Waals surface area contributed by atoms with Gasteiger partial charge in [0, 0.05) is 11.6 Å². The third-order valence-corrected chi connectivity index (χ3v) is 3.09. The number of hydrogen-bond donors (Lipinski definition) is 2. The maximum absolute atomic E-state index is 12.0. The average molecular weight is 279 g/mol. The largest absolute Gasteiger partial charge is 0.494 e. The summed E-state index contributed by atoms with van der Waals surface area (Å²) in [6, 6.07) is 6.36. The number of benzene rings is 1. The van der Waals surface area contributed by atoms with Gasteiger partial charge in [0.05, 0.1) is 12.5 Å². The van der Waals surface area contributed by atoms with Crippen LogP contribution in [0.15, 0.2) is 24.3 Å². The molecule has 5 nitrogen and oxygen atoms in total. The Kier molecular flexibility index (Phi) is 6.03. The van der Waals surface area contributed by atoms with Crippen LogP contribution in [0.4, 0.5) is 0 Å².